The van der Waals surface area contributed by atoms with Crippen molar-refractivity contribution in [3.8, 4) is 11.5 Å². The van der Waals surface area contributed by atoms with Crippen LogP contribution in [0.3, 0.4) is 0 Å². The van der Waals surface area contributed by atoms with Gasteiger partial charge in [-0.05, 0) is 50.3 Å². The predicted octanol–water partition coefficient (Wildman–Crippen LogP) is 6.40. The van der Waals surface area contributed by atoms with Crippen molar-refractivity contribution in [2.24, 2.45) is 11.7 Å². The minimum atomic E-state index is -1.87. The molecule has 0 heterocycles. The Labute approximate surface area is 248 Å². The average molecular weight is 598 g/mol. The molecule has 0 amide bonds. The Kier molecular flexibility index (Phi) is 16.3. The Morgan fingerprint density at radius 3 is 1.86 bits per heavy atom. The predicted molar refractivity (Wildman–Crippen MR) is 154 cm³/mol. The zero-order valence-electron chi connectivity index (χ0n) is 25.6. The van der Waals surface area contributed by atoms with Gasteiger partial charge in [-0.25, -0.2) is 14.4 Å². The molecule has 0 aliphatic carbocycles. The molecule has 238 valence electrons. The quantitative estimate of drug-likeness (QED) is 0.0827. The highest BCUT2D eigenvalue weighted by Crippen LogP contribution is 2.31. The highest BCUT2D eigenvalue weighted by atomic mass is 16.7. The van der Waals surface area contributed by atoms with E-state index in [-0.39, 0.29) is 43.5 Å². The molecule has 0 spiro atoms. The van der Waals surface area contributed by atoms with Crippen LogP contribution in [-0.4, -0.2) is 60.5 Å². The molecule has 1 aromatic carbocycles. The van der Waals surface area contributed by atoms with Crippen molar-refractivity contribution in [1.29, 1.82) is 0 Å². The summed E-state index contributed by atoms with van der Waals surface area (Å²) in [7, 11) is 0. The van der Waals surface area contributed by atoms with Gasteiger partial charge in [0.1, 0.15) is 17.7 Å². The Balaban J connectivity index is 3.08. The molecule has 2 unspecified atom stereocenters. The van der Waals surface area contributed by atoms with Gasteiger partial charge in [-0.2, -0.15) is 0 Å². The molecule has 0 aliphatic heterocycles. The SMILES string of the molecule is CCCCCOC(=O)Oc1ccc(CC(N)(C[C@H](C)OC(=O)OC(C)C(C)C)C(=O)O)cc1OC(=O)OCCCCC. The van der Waals surface area contributed by atoms with Gasteiger partial charge in [-0.3, -0.25) is 4.79 Å². The third-order valence-electron chi connectivity index (χ3n) is 6.45. The molecule has 0 fully saturated rings. The number of aliphatic carboxylic acids is 1. The van der Waals surface area contributed by atoms with Gasteiger partial charge in [0.05, 0.1) is 13.2 Å². The molecular formula is C30H47NO11. The zero-order chi connectivity index (χ0) is 31.7. The van der Waals surface area contributed by atoms with Crippen molar-refractivity contribution >= 4 is 24.4 Å². The number of unbranched alkanes of at least 4 members (excludes halogenated alkanes) is 4. The van der Waals surface area contributed by atoms with Crippen LogP contribution in [0.5, 0.6) is 11.5 Å². The monoisotopic (exact) mass is 597 g/mol. The summed E-state index contributed by atoms with van der Waals surface area (Å²) >= 11 is 0. The molecule has 1 rings (SSSR count). The summed E-state index contributed by atoms with van der Waals surface area (Å²) in [5.74, 6) is -1.57. The fourth-order valence-electron chi connectivity index (χ4n) is 3.71. The number of ether oxygens (including phenoxy) is 6. The van der Waals surface area contributed by atoms with Gasteiger partial charge in [0.15, 0.2) is 11.5 Å². The molecule has 12 heteroatoms. The van der Waals surface area contributed by atoms with Crippen molar-refractivity contribution < 1.29 is 52.7 Å². The summed E-state index contributed by atoms with van der Waals surface area (Å²) in [6.45, 7) is 11.3. The van der Waals surface area contributed by atoms with E-state index in [0.717, 1.165) is 25.7 Å². The number of carbonyl (C=O) groups is 4. The van der Waals surface area contributed by atoms with E-state index in [1.165, 1.54) is 25.1 Å². The second-order valence-corrected chi connectivity index (χ2v) is 10.7. The van der Waals surface area contributed by atoms with Gasteiger partial charge in [-0.15, -0.1) is 0 Å². The van der Waals surface area contributed by atoms with Crippen molar-refractivity contribution in [3.05, 3.63) is 23.8 Å². The number of hydrogen-bond donors (Lipinski definition) is 2. The number of rotatable bonds is 18. The summed E-state index contributed by atoms with van der Waals surface area (Å²) in [5, 5.41) is 9.96. The molecule has 3 atom stereocenters. The van der Waals surface area contributed by atoms with E-state index in [1.807, 2.05) is 27.7 Å². The first-order valence-electron chi connectivity index (χ1n) is 14.5. The lowest BCUT2D eigenvalue weighted by molar-refractivity contribution is -0.144. The molecule has 3 N–H and O–H groups in total. The molecule has 0 saturated carbocycles. The van der Waals surface area contributed by atoms with E-state index in [0.29, 0.717) is 18.4 Å². The molecule has 0 saturated heterocycles. The van der Waals surface area contributed by atoms with Crippen molar-refractivity contribution in [3.63, 3.8) is 0 Å². The first-order chi connectivity index (χ1) is 19.8. The second-order valence-electron chi connectivity index (χ2n) is 10.7. The lowest BCUT2D eigenvalue weighted by atomic mass is 9.86. The van der Waals surface area contributed by atoms with Crippen LogP contribution in [-0.2, 0) is 30.2 Å². The van der Waals surface area contributed by atoms with E-state index >= 15 is 0 Å². The summed E-state index contributed by atoms with van der Waals surface area (Å²) in [5.41, 5.74) is 4.75. The number of hydrogen-bond acceptors (Lipinski definition) is 11. The molecule has 0 aliphatic rings. The number of carboxylic acid groups (broad SMARTS) is 1. The largest absolute Gasteiger partial charge is 0.513 e. The number of carbonyl (C=O) groups excluding carboxylic acids is 3. The van der Waals surface area contributed by atoms with Crippen LogP contribution in [0.25, 0.3) is 0 Å². The van der Waals surface area contributed by atoms with Crippen LogP contribution in [0.1, 0.15) is 92.1 Å². The fourth-order valence-corrected chi connectivity index (χ4v) is 3.71. The summed E-state index contributed by atoms with van der Waals surface area (Å²) in [6, 6.07) is 4.16. The Bertz CT molecular complexity index is 1010. The minimum absolute atomic E-state index is 0.0698. The van der Waals surface area contributed by atoms with Crippen LogP contribution < -0.4 is 15.2 Å². The highest BCUT2D eigenvalue weighted by molar-refractivity contribution is 5.79. The number of carboxylic acids is 1. The second kappa shape index (κ2) is 18.8. The summed E-state index contributed by atoms with van der Waals surface area (Å²) in [4.78, 5) is 48.9. The normalized spacial score (nSPS) is 13.8. The van der Waals surface area contributed by atoms with E-state index in [9.17, 15) is 24.3 Å². The van der Waals surface area contributed by atoms with Gasteiger partial charge < -0.3 is 39.3 Å². The third-order valence-corrected chi connectivity index (χ3v) is 6.45. The third kappa shape index (κ3) is 13.9. The molecule has 0 radical (unpaired) electrons. The van der Waals surface area contributed by atoms with Crippen molar-refractivity contribution in [1.82, 2.24) is 0 Å². The maximum Gasteiger partial charge on any atom is 0.513 e. The zero-order valence-corrected chi connectivity index (χ0v) is 25.6. The first kappa shape index (κ1) is 36.5. The van der Waals surface area contributed by atoms with Crippen LogP contribution >= 0.6 is 0 Å². The lowest BCUT2D eigenvalue weighted by Gasteiger charge is -2.28. The van der Waals surface area contributed by atoms with Crippen LogP contribution in [0.15, 0.2) is 18.2 Å². The first-order valence-corrected chi connectivity index (χ1v) is 14.5. The van der Waals surface area contributed by atoms with Gasteiger partial charge in [-0.1, -0.05) is 59.4 Å². The smallest absolute Gasteiger partial charge is 0.480 e. The number of benzene rings is 1. The summed E-state index contributed by atoms with van der Waals surface area (Å²) in [6.07, 6.45) is 0.262. The molecular weight excluding hydrogens is 550 g/mol. The van der Waals surface area contributed by atoms with E-state index in [2.05, 4.69) is 0 Å². The lowest BCUT2D eigenvalue weighted by Crippen LogP contribution is -2.52. The average Bonchev–Trinajstić information content (AvgIpc) is 2.90. The molecule has 42 heavy (non-hydrogen) atoms. The fraction of sp³-hybridized carbons (Fsp3) is 0.667. The van der Waals surface area contributed by atoms with Gasteiger partial charge in [0.2, 0.25) is 0 Å². The van der Waals surface area contributed by atoms with Crippen molar-refractivity contribution in [2.45, 2.75) is 111 Å². The molecule has 0 bridgehead atoms. The molecule has 1 aromatic rings. The molecule has 0 aromatic heterocycles. The van der Waals surface area contributed by atoms with Crippen molar-refractivity contribution in [2.75, 3.05) is 13.2 Å². The van der Waals surface area contributed by atoms with Gasteiger partial charge >= 0.3 is 24.4 Å². The Hall–Kier alpha value is -3.54. The van der Waals surface area contributed by atoms with E-state index in [4.69, 9.17) is 34.2 Å². The van der Waals surface area contributed by atoms with E-state index < -0.39 is 42.2 Å². The summed E-state index contributed by atoms with van der Waals surface area (Å²) < 4.78 is 31.1. The molecule has 12 nitrogen and oxygen atoms in total. The van der Waals surface area contributed by atoms with Crippen LogP contribution in [0, 0.1) is 5.92 Å². The standard InChI is InChI=1S/C30H47NO11/c1-7-9-11-15-37-27(34)41-24-14-13-23(17-25(24)42-28(35)38-16-12-10-8-2)19-30(31,26(32)33)18-21(5)39-29(36)40-22(6)20(3)4/h13-14,17,20-22H,7-12,15-16,18-19,31H2,1-6H3,(H,32,33)/t21-,22?,30?/m0/s1. The van der Waals surface area contributed by atoms with Gasteiger partial charge in [0, 0.05) is 12.8 Å². The topological polar surface area (TPSA) is 170 Å². The highest BCUT2D eigenvalue weighted by Gasteiger charge is 2.37. The number of nitrogens with two attached hydrogens (primary N) is 1. The Morgan fingerprint density at radius 2 is 1.36 bits per heavy atom. The maximum absolute atomic E-state index is 12.3. The van der Waals surface area contributed by atoms with Crippen LogP contribution in [0.4, 0.5) is 14.4 Å². The maximum atomic E-state index is 12.3. The van der Waals surface area contributed by atoms with E-state index in [1.54, 1.807) is 6.92 Å². The Morgan fingerprint density at radius 1 is 0.810 bits per heavy atom. The van der Waals surface area contributed by atoms with Crippen LogP contribution in [0.2, 0.25) is 0 Å². The van der Waals surface area contributed by atoms with Gasteiger partial charge in [0.25, 0.3) is 0 Å². The minimum Gasteiger partial charge on any atom is -0.480 e.